The van der Waals surface area contributed by atoms with Crippen molar-refractivity contribution < 1.29 is 9.53 Å². The molecule has 2 aromatic carbocycles. The van der Waals surface area contributed by atoms with Crippen molar-refractivity contribution in [2.45, 2.75) is 39.2 Å². The van der Waals surface area contributed by atoms with Crippen LogP contribution in [0.1, 0.15) is 50.3 Å². The number of hydrazone groups is 1. The number of thioether (sulfide) groups is 1. The third kappa shape index (κ3) is 4.77. The number of amides is 1. The van der Waals surface area contributed by atoms with Crippen LogP contribution in [0.4, 0.5) is 0 Å². The molecule has 2 aromatic rings. The summed E-state index contributed by atoms with van der Waals surface area (Å²) in [5.74, 6) is 0.394. The molecule has 4 rings (SSSR count). The Kier molecular flexibility index (Phi) is 6.32. The van der Waals surface area contributed by atoms with Crippen LogP contribution in [0.5, 0.6) is 5.75 Å². The van der Waals surface area contributed by atoms with E-state index in [9.17, 15) is 4.79 Å². The van der Waals surface area contributed by atoms with Crippen LogP contribution in [0.2, 0.25) is 0 Å². The van der Waals surface area contributed by atoms with Crippen molar-refractivity contribution in [1.29, 1.82) is 5.41 Å². The van der Waals surface area contributed by atoms with Crippen LogP contribution in [0, 0.1) is 5.41 Å². The van der Waals surface area contributed by atoms with Gasteiger partial charge in [0, 0.05) is 0 Å². The first kappa shape index (κ1) is 21.1. The smallest absolute Gasteiger partial charge is 0.283 e. The summed E-state index contributed by atoms with van der Waals surface area (Å²) >= 11 is 1.38. The summed E-state index contributed by atoms with van der Waals surface area (Å²) in [4.78, 5) is 16.7. The Morgan fingerprint density at radius 1 is 1.16 bits per heavy atom. The minimum atomic E-state index is -0.409. The fraction of sp³-hybridized carbons (Fsp3) is 0.250. The summed E-state index contributed by atoms with van der Waals surface area (Å²) in [7, 11) is 0. The van der Waals surface area contributed by atoms with Gasteiger partial charge in [0.2, 0.25) is 5.17 Å². The summed E-state index contributed by atoms with van der Waals surface area (Å²) in [6.07, 6.45) is 4.53. The van der Waals surface area contributed by atoms with Gasteiger partial charge < -0.3 is 4.74 Å². The quantitative estimate of drug-likeness (QED) is 0.575. The minimum Gasteiger partial charge on any atom is -0.486 e. The molecule has 1 atom stereocenters. The molecule has 2 aliphatic heterocycles. The monoisotopic (exact) mass is 432 g/mol. The average Bonchev–Trinajstić information content (AvgIpc) is 3.20. The first-order valence-electron chi connectivity index (χ1n) is 10.4. The van der Waals surface area contributed by atoms with Gasteiger partial charge in [0.25, 0.3) is 5.91 Å². The second-order valence-electron chi connectivity index (χ2n) is 7.36. The number of fused-ring (bicyclic) bond motifs is 1. The summed E-state index contributed by atoms with van der Waals surface area (Å²) < 4.78 is 6.01. The van der Waals surface area contributed by atoms with E-state index in [1.54, 1.807) is 6.08 Å². The third-order valence-corrected chi connectivity index (χ3v) is 5.98. The lowest BCUT2D eigenvalue weighted by atomic mass is 10.1. The molecule has 0 spiro atoms. The van der Waals surface area contributed by atoms with E-state index in [2.05, 4.69) is 17.0 Å². The van der Waals surface area contributed by atoms with Crippen molar-refractivity contribution in [3.05, 3.63) is 71.3 Å². The Morgan fingerprint density at radius 3 is 2.61 bits per heavy atom. The molecule has 2 aliphatic rings. The number of nitrogens with one attached hydrogen (secondary N) is 1. The lowest BCUT2D eigenvalue weighted by molar-refractivity contribution is -0.114. The molecule has 1 amide bonds. The maximum absolute atomic E-state index is 12.5. The Labute approximate surface area is 186 Å². The van der Waals surface area contributed by atoms with Crippen LogP contribution < -0.4 is 4.74 Å². The Morgan fingerprint density at radius 2 is 1.90 bits per heavy atom. The van der Waals surface area contributed by atoms with Crippen LogP contribution in [-0.4, -0.2) is 27.0 Å². The lowest BCUT2D eigenvalue weighted by Gasteiger charge is -2.20. The van der Waals surface area contributed by atoms with Crippen molar-refractivity contribution in [2.24, 2.45) is 10.1 Å². The number of benzene rings is 2. The number of rotatable bonds is 7. The molecule has 158 valence electrons. The van der Waals surface area contributed by atoms with Crippen molar-refractivity contribution in [3.63, 3.8) is 0 Å². The van der Waals surface area contributed by atoms with E-state index in [0.29, 0.717) is 5.17 Å². The van der Waals surface area contributed by atoms with Crippen molar-refractivity contribution in [3.8, 4) is 5.75 Å². The Hall–Kier alpha value is -3.19. The number of nitrogens with zero attached hydrogens (tertiary/aromatic N) is 3. The second-order valence-corrected chi connectivity index (χ2v) is 8.40. The Balaban J connectivity index is 1.48. The van der Waals surface area contributed by atoms with Crippen LogP contribution in [0.25, 0.3) is 6.08 Å². The van der Waals surface area contributed by atoms with Crippen molar-refractivity contribution in [2.75, 3.05) is 0 Å². The van der Waals surface area contributed by atoms with Gasteiger partial charge in [0.15, 0.2) is 5.84 Å². The summed E-state index contributed by atoms with van der Waals surface area (Å²) in [6.45, 7) is 4.13. The number of hydrogen-bond acceptors (Lipinski definition) is 5. The molecule has 0 aromatic heterocycles. The largest absolute Gasteiger partial charge is 0.486 e. The maximum Gasteiger partial charge on any atom is 0.283 e. The van der Waals surface area contributed by atoms with Gasteiger partial charge in [0.1, 0.15) is 16.9 Å². The number of hydrogen-bond donors (Lipinski definition) is 1. The number of carbonyl (C=O) groups is 1. The lowest BCUT2D eigenvalue weighted by Crippen LogP contribution is -2.35. The minimum absolute atomic E-state index is 0.0621. The summed E-state index contributed by atoms with van der Waals surface area (Å²) in [6, 6.07) is 17.5. The number of ether oxygens (including phenoxy) is 1. The molecule has 0 bridgehead atoms. The van der Waals surface area contributed by atoms with Crippen molar-refractivity contribution in [1.82, 2.24) is 5.01 Å². The molecule has 1 unspecified atom stereocenters. The van der Waals surface area contributed by atoms with Gasteiger partial charge in [-0.1, -0.05) is 55.8 Å². The van der Waals surface area contributed by atoms with Gasteiger partial charge in [-0.25, -0.2) is 0 Å². The normalized spacial score (nSPS) is 18.0. The number of amidine groups is 2. The van der Waals surface area contributed by atoms with Gasteiger partial charge in [-0.05, 0) is 60.9 Å². The van der Waals surface area contributed by atoms with Gasteiger partial charge in [-0.3, -0.25) is 10.2 Å². The molecule has 0 saturated heterocycles. The molecular formula is C24H24N4O2S. The first-order chi connectivity index (χ1) is 15.0. The molecule has 0 aliphatic carbocycles. The Bertz CT molecular complexity index is 1070. The zero-order chi connectivity index (χ0) is 21.8. The molecule has 2 heterocycles. The highest BCUT2D eigenvalue weighted by molar-refractivity contribution is 8.26. The van der Waals surface area contributed by atoms with Crippen LogP contribution in [0.15, 0.2) is 70.3 Å². The highest BCUT2D eigenvalue weighted by atomic mass is 32.2. The highest BCUT2D eigenvalue weighted by Crippen LogP contribution is 2.30. The van der Waals surface area contributed by atoms with Crippen LogP contribution in [-0.2, 0) is 4.79 Å². The zero-order valence-electron chi connectivity index (χ0n) is 17.5. The molecule has 1 N–H and O–H groups in total. The van der Waals surface area contributed by atoms with E-state index in [1.807, 2.05) is 61.5 Å². The van der Waals surface area contributed by atoms with Gasteiger partial charge in [-0.15, -0.1) is 0 Å². The molecule has 0 fully saturated rings. The number of aliphatic imine (C=N–C) groups is 1. The predicted octanol–water partition coefficient (Wildman–Crippen LogP) is 5.64. The SMILES string of the molecule is CCCCC1=NN2C(=N)C(=Cc3ccc(OC(C)c4ccccc4)cc3)C(=O)N=C2S1. The topological polar surface area (TPSA) is 78.1 Å². The highest BCUT2D eigenvalue weighted by Gasteiger charge is 2.35. The summed E-state index contributed by atoms with van der Waals surface area (Å²) in [5, 5.41) is 15.8. The van der Waals surface area contributed by atoms with Crippen molar-refractivity contribution >= 4 is 39.8 Å². The summed E-state index contributed by atoms with van der Waals surface area (Å²) in [5.41, 5.74) is 2.13. The molecular weight excluding hydrogens is 408 g/mol. The molecule has 6 nitrogen and oxygen atoms in total. The van der Waals surface area contributed by atoms with Gasteiger partial charge in [0.05, 0.1) is 5.57 Å². The van der Waals surface area contributed by atoms with Gasteiger partial charge >= 0.3 is 0 Å². The fourth-order valence-electron chi connectivity index (χ4n) is 3.27. The van der Waals surface area contributed by atoms with E-state index in [1.165, 1.54) is 16.8 Å². The molecule has 31 heavy (non-hydrogen) atoms. The van der Waals surface area contributed by atoms with E-state index in [0.717, 1.165) is 41.2 Å². The van der Waals surface area contributed by atoms with Crippen LogP contribution >= 0.6 is 11.8 Å². The number of unbranched alkanes of at least 4 members (excludes halogenated alkanes) is 1. The number of carbonyl (C=O) groups excluding carboxylic acids is 1. The molecule has 0 radical (unpaired) electrons. The van der Waals surface area contributed by atoms with Gasteiger partial charge in [-0.2, -0.15) is 15.1 Å². The second kappa shape index (κ2) is 9.31. The fourth-order valence-corrected chi connectivity index (χ4v) is 4.19. The average molecular weight is 433 g/mol. The van der Waals surface area contributed by atoms with E-state index in [4.69, 9.17) is 10.1 Å². The first-order valence-corrected chi connectivity index (χ1v) is 11.2. The zero-order valence-corrected chi connectivity index (χ0v) is 18.4. The molecule has 7 heteroatoms. The molecule has 0 saturated carbocycles. The van der Waals surface area contributed by atoms with E-state index in [-0.39, 0.29) is 17.5 Å². The predicted molar refractivity (Wildman–Crippen MR) is 126 cm³/mol. The van der Waals surface area contributed by atoms with E-state index >= 15 is 0 Å². The van der Waals surface area contributed by atoms with Crippen LogP contribution in [0.3, 0.4) is 0 Å². The third-order valence-electron chi connectivity index (χ3n) is 5.01. The standard InChI is InChI=1S/C24H24N4O2S/c1-3-4-10-21-27-28-22(25)20(23(29)26-24(28)31-21)15-17-11-13-19(14-12-17)30-16(2)18-8-6-5-7-9-18/h5-9,11-16,25H,3-4,10H2,1-2H3. The van der Waals surface area contributed by atoms with E-state index < -0.39 is 5.91 Å². The maximum atomic E-state index is 12.5.